The van der Waals surface area contributed by atoms with E-state index in [1.807, 2.05) is 12.1 Å². The van der Waals surface area contributed by atoms with Crippen molar-refractivity contribution < 1.29 is 19.3 Å². The van der Waals surface area contributed by atoms with Gasteiger partial charge in [-0.15, -0.1) is 11.8 Å². The lowest BCUT2D eigenvalue weighted by Gasteiger charge is -2.09. The molecule has 0 bridgehead atoms. The summed E-state index contributed by atoms with van der Waals surface area (Å²) in [5.74, 6) is 0.870. The number of unbranched alkanes of at least 4 members (excludes halogenated alkanes) is 1. The number of nitro groups is 1. The Morgan fingerprint density at radius 2 is 2.22 bits per heavy atom. The average molecular weight is 339 g/mol. The molecule has 0 saturated carbocycles. The van der Waals surface area contributed by atoms with Crippen molar-refractivity contribution in [2.45, 2.75) is 37.2 Å². The van der Waals surface area contributed by atoms with Gasteiger partial charge in [0.15, 0.2) is 0 Å². The van der Waals surface area contributed by atoms with Crippen molar-refractivity contribution in [1.82, 2.24) is 0 Å². The Balaban J connectivity index is 1.89. The molecule has 1 N–H and O–H groups in total. The maximum absolute atomic E-state index is 10.7. The molecule has 1 heterocycles. The molecular formula is C15H22BNO5S. The summed E-state index contributed by atoms with van der Waals surface area (Å²) in [6.07, 6.45) is 2.47. The van der Waals surface area contributed by atoms with E-state index in [-0.39, 0.29) is 6.54 Å². The molecule has 0 fully saturated rings. The van der Waals surface area contributed by atoms with Crippen LogP contribution in [-0.2, 0) is 9.39 Å². The molecule has 0 saturated heterocycles. The lowest BCUT2D eigenvalue weighted by Crippen LogP contribution is -2.30. The fraction of sp³-hybridized carbons (Fsp3) is 0.600. The first kappa shape index (κ1) is 18.3. The third kappa shape index (κ3) is 5.21. The maximum atomic E-state index is 10.7. The van der Waals surface area contributed by atoms with Gasteiger partial charge in [-0.05, 0) is 24.5 Å². The van der Waals surface area contributed by atoms with Crippen molar-refractivity contribution in [1.29, 1.82) is 0 Å². The Bertz CT molecular complexity index is 531. The van der Waals surface area contributed by atoms with Gasteiger partial charge in [0.2, 0.25) is 6.54 Å². The minimum atomic E-state index is -1.08. The van der Waals surface area contributed by atoms with Crippen LogP contribution in [0.3, 0.4) is 0 Å². The smallest absolute Gasteiger partial charge is 0.423 e. The molecule has 1 aliphatic heterocycles. The van der Waals surface area contributed by atoms with Crippen LogP contribution in [0, 0.1) is 10.1 Å². The molecule has 0 aromatic heterocycles. The van der Waals surface area contributed by atoms with Crippen LogP contribution in [0.25, 0.3) is 0 Å². The van der Waals surface area contributed by atoms with Gasteiger partial charge in [0.1, 0.15) is 6.10 Å². The highest BCUT2D eigenvalue weighted by Gasteiger charge is 2.39. The Hall–Kier alpha value is -1.09. The van der Waals surface area contributed by atoms with Crippen molar-refractivity contribution in [3.63, 3.8) is 0 Å². The molecule has 23 heavy (non-hydrogen) atoms. The highest BCUT2D eigenvalue weighted by molar-refractivity contribution is 7.99. The van der Waals surface area contributed by atoms with E-state index in [1.165, 1.54) is 0 Å². The number of rotatable bonds is 10. The molecular weight excluding hydrogens is 317 g/mol. The van der Waals surface area contributed by atoms with E-state index >= 15 is 0 Å². The number of hydrogen-bond donors (Lipinski definition) is 1. The van der Waals surface area contributed by atoms with Gasteiger partial charge in [-0.3, -0.25) is 10.1 Å². The van der Waals surface area contributed by atoms with Gasteiger partial charge < -0.3 is 14.4 Å². The second-order valence-electron chi connectivity index (χ2n) is 5.42. The molecule has 2 rings (SSSR count). The van der Waals surface area contributed by atoms with Crippen LogP contribution in [0.1, 0.15) is 37.9 Å². The van der Waals surface area contributed by atoms with Crippen molar-refractivity contribution in [2.24, 2.45) is 0 Å². The van der Waals surface area contributed by atoms with Crippen LogP contribution < -0.4 is 5.46 Å². The number of ether oxygens (including phenoxy) is 1. The standard InChI is InChI=1S/C15H22BNO5S/c1-2-3-8-21-9-5-10-23-14-7-4-6-12-13(11-17(19)20)22-16(18)15(12)14/h4,6-7,13,18H,2-3,5,8-11H2,1H3. The van der Waals surface area contributed by atoms with Gasteiger partial charge in [0.25, 0.3) is 0 Å². The summed E-state index contributed by atoms with van der Waals surface area (Å²) < 4.78 is 10.9. The van der Waals surface area contributed by atoms with Crippen LogP contribution in [0.2, 0.25) is 0 Å². The molecule has 1 aliphatic rings. The number of fused-ring (bicyclic) bond motifs is 1. The first-order chi connectivity index (χ1) is 11.1. The fourth-order valence-electron chi connectivity index (χ4n) is 2.50. The molecule has 0 amide bonds. The summed E-state index contributed by atoms with van der Waals surface area (Å²) >= 11 is 1.62. The SMILES string of the molecule is CCCCOCCCSc1cccc2c1B(O)OC2C[N+](=O)[O-]. The molecule has 0 radical (unpaired) electrons. The van der Waals surface area contributed by atoms with Gasteiger partial charge in [-0.25, -0.2) is 0 Å². The normalized spacial score (nSPS) is 16.6. The molecule has 1 aromatic carbocycles. The van der Waals surface area contributed by atoms with E-state index in [4.69, 9.17) is 9.39 Å². The van der Waals surface area contributed by atoms with Crippen molar-refractivity contribution in [2.75, 3.05) is 25.5 Å². The van der Waals surface area contributed by atoms with E-state index in [2.05, 4.69) is 6.92 Å². The number of benzene rings is 1. The topological polar surface area (TPSA) is 81.8 Å². The fourth-order valence-corrected chi connectivity index (χ4v) is 3.53. The Labute approximate surface area is 140 Å². The summed E-state index contributed by atoms with van der Waals surface area (Å²) in [6.45, 7) is 3.33. The van der Waals surface area contributed by atoms with Crippen molar-refractivity contribution >= 4 is 24.3 Å². The number of thioether (sulfide) groups is 1. The van der Waals surface area contributed by atoms with Crippen LogP contribution >= 0.6 is 11.8 Å². The molecule has 126 valence electrons. The van der Waals surface area contributed by atoms with Crippen molar-refractivity contribution in [3.8, 4) is 0 Å². The minimum Gasteiger partial charge on any atom is -0.423 e. The quantitative estimate of drug-likeness (QED) is 0.231. The zero-order chi connectivity index (χ0) is 16.7. The van der Waals surface area contributed by atoms with E-state index in [1.54, 1.807) is 17.8 Å². The largest absolute Gasteiger partial charge is 0.493 e. The van der Waals surface area contributed by atoms with E-state index in [9.17, 15) is 15.1 Å². The predicted octanol–water partition coefficient (Wildman–Crippen LogP) is 2.02. The van der Waals surface area contributed by atoms with Gasteiger partial charge in [0, 0.05) is 34.2 Å². The zero-order valence-corrected chi connectivity index (χ0v) is 14.1. The highest BCUT2D eigenvalue weighted by atomic mass is 32.2. The molecule has 8 heteroatoms. The minimum absolute atomic E-state index is 0.330. The summed E-state index contributed by atoms with van der Waals surface area (Å²) in [4.78, 5) is 11.2. The third-order valence-corrected chi connectivity index (χ3v) is 4.79. The van der Waals surface area contributed by atoms with E-state index < -0.39 is 18.1 Å². The first-order valence-electron chi connectivity index (χ1n) is 7.92. The summed E-state index contributed by atoms with van der Waals surface area (Å²) in [6, 6.07) is 5.56. The predicted molar refractivity (Wildman–Crippen MR) is 90.8 cm³/mol. The second-order valence-corrected chi connectivity index (χ2v) is 6.56. The van der Waals surface area contributed by atoms with Crippen molar-refractivity contribution in [3.05, 3.63) is 33.9 Å². The number of nitrogens with zero attached hydrogens (tertiary/aromatic N) is 1. The lowest BCUT2D eigenvalue weighted by atomic mass is 9.79. The van der Waals surface area contributed by atoms with Crippen LogP contribution in [0.5, 0.6) is 0 Å². The van der Waals surface area contributed by atoms with E-state index in [0.29, 0.717) is 5.46 Å². The lowest BCUT2D eigenvalue weighted by molar-refractivity contribution is -0.490. The third-order valence-electron chi connectivity index (χ3n) is 3.63. The first-order valence-corrected chi connectivity index (χ1v) is 8.90. The van der Waals surface area contributed by atoms with Crippen LogP contribution in [0.4, 0.5) is 0 Å². The Kier molecular flexibility index (Phi) is 7.36. The van der Waals surface area contributed by atoms with Crippen LogP contribution in [-0.4, -0.2) is 42.6 Å². The van der Waals surface area contributed by atoms with Gasteiger partial charge in [0.05, 0.1) is 0 Å². The molecule has 1 aromatic rings. The monoisotopic (exact) mass is 339 g/mol. The Morgan fingerprint density at radius 1 is 1.43 bits per heavy atom. The summed E-state index contributed by atoms with van der Waals surface area (Å²) in [5, 5.41) is 20.8. The molecule has 0 aliphatic carbocycles. The zero-order valence-electron chi connectivity index (χ0n) is 13.3. The summed E-state index contributed by atoms with van der Waals surface area (Å²) in [7, 11) is -1.08. The maximum Gasteiger partial charge on any atom is 0.493 e. The average Bonchev–Trinajstić information content (AvgIpc) is 2.83. The number of hydrogen-bond acceptors (Lipinski definition) is 6. The van der Waals surface area contributed by atoms with Gasteiger partial charge in [-0.1, -0.05) is 25.5 Å². The molecule has 1 atom stereocenters. The molecule has 6 nitrogen and oxygen atoms in total. The molecule has 0 spiro atoms. The second kappa shape index (κ2) is 9.27. The van der Waals surface area contributed by atoms with Gasteiger partial charge >= 0.3 is 7.12 Å². The van der Waals surface area contributed by atoms with Crippen LogP contribution in [0.15, 0.2) is 23.1 Å². The Morgan fingerprint density at radius 3 is 2.96 bits per heavy atom. The van der Waals surface area contributed by atoms with E-state index in [0.717, 1.165) is 48.7 Å². The highest BCUT2D eigenvalue weighted by Crippen LogP contribution is 2.29. The molecule has 1 unspecified atom stereocenters. The van der Waals surface area contributed by atoms with Gasteiger partial charge in [-0.2, -0.15) is 0 Å². The summed E-state index contributed by atoms with van der Waals surface area (Å²) in [5.41, 5.74) is 1.40.